The van der Waals surface area contributed by atoms with Gasteiger partial charge in [0.1, 0.15) is 23.8 Å². The summed E-state index contributed by atoms with van der Waals surface area (Å²) in [7, 11) is 0. The van der Waals surface area contributed by atoms with Gasteiger partial charge in [0.2, 0.25) is 0 Å². The second kappa shape index (κ2) is 2.45. The molecule has 0 aromatic carbocycles. The van der Waals surface area contributed by atoms with Gasteiger partial charge in [-0.15, -0.1) is 0 Å². The first kappa shape index (κ1) is 7.55. The minimum atomic E-state index is -0.271. The fourth-order valence-electron chi connectivity index (χ4n) is 1.52. The van der Waals surface area contributed by atoms with Crippen molar-refractivity contribution in [1.82, 2.24) is 0 Å². The zero-order valence-corrected chi connectivity index (χ0v) is 6.56. The van der Waals surface area contributed by atoms with Crippen LogP contribution in [-0.4, -0.2) is 23.1 Å². The lowest BCUT2D eigenvalue weighted by atomic mass is 9.95. The summed E-state index contributed by atoms with van der Waals surface area (Å²) in [6.07, 6.45) is 7.22. The van der Waals surface area contributed by atoms with Gasteiger partial charge in [-0.05, 0) is 24.6 Å². The van der Waals surface area contributed by atoms with Crippen LogP contribution < -0.4 is 0 Å². The second-order valence-corrected chi connectivity index (χ2v) is 3.12. The van der Waals surface area contributed by atoms with Crippen LogP contribution in [0, 0.1) is 0 Å². The molecule has 3 heteroatoms. The molecule has 3 nitrogen and oxygen atoms in total. The number of hydrogen-bond acceptors (Lipinski definition) is 3. The molecular formula is C9H10O3. The topological polar surface area (TPSA) is 49.8 Å². The lowest BCUT2D eigenvalue weighted by Crippen LogP contribution is -2.13. The van der Waals surface area contributed by atoms with E-state index in [0.29, 0.717) is 12.8 Å². The van der Waals surface area contributed by atoms with Crippen LogP contribution in [0.3, 0.4) is 0 Å². The van der Waals surface area contributed by atoms with Gasteiger partial charge in [0.15, 0.2) is 0 Å². The van der Waals surface area contributed by atoms with Crippen LogP contribution in [0.4, 0.5) is 0 Å². The number of hydrogen-bond donors (Lipinski definition) is 1. The van der Waals surface area contributed by atoms with E-state index in [1.165, 1.54) is 0 Å². The molecule has 64 valence electrons. The minimum Gasteiger partial charge on any atom is -0.508 e. The lowest BCUT2D eigenvalue weighted by molar-refractivity contribution is -0.108. The van der Waals surface area contributed by atoms with E-state index in [-0.39, 0.29) is 17.5 Å². The number of aliphatic hydroxyl groups excluding tert-OH is 1. The molecule has 1 heterocycles. The molecule has 0 saturated carbocycles. The molecule has 0 spiro atoms. The summed E-state index contributed by atoms with van der Waals surface area (Å²) < 4.78 is 5.36. The maximum atomic E-state index is 10.1. The van der Waals surface area contributed by atoms with E-state index in [0.717, 1.165) is 6.29 Å². The Bertz CT molecular complexity index is 267. The van der Waals surface area contributed by atoms with Crippen molar-refractivity contribution >= 4 is 6.29 Å². The SMILES string of the molecule is O=CCCC12C=CC(O)=CC1O2. The molecular weight excluding hydrogens is 156 g/mol. The van der Waals surface area contributed by atoms with E-state index < -0.39 is 0 Å². The van der Waals surface area contributed by atoms with E-state index in [9.17, 15) is 4.79 Å². The molecule has 1 N–H and O–H groups in total. The van der Waals surface area contributed by atoms with Gasteiger partial charge in [-0.3, -0.25) is 0 Å². The van der Waals surface area contributed by atoms with Crippen LogP contribution in [0.25, 0.3) is 0 Å². The molecule has 1 aliphatic carbocycles. The van der Waals surface area contributed by atoms with Crippen LogP contribution >= 0.6 is 0 Å². The van der Waals surface area contributed by atoms with Gasteiger partial charge in [-0.2, -0.15) is 0 Å². The molecule has 2 aliphatic rings. The van der Waals surface area contributed by atoms with Crippen molar-refractivity contribution in [3.05, 3.63) is 24.0 Å². The van der Waals surface area contributed by atoms with Gasteiger partial charge < -0.3 is 14.6 Å². The highest BCUT2D eigenvalue weighted by Gasteiger charge is 2.54. The molecule has 0 amide bonds. The zero-order chi connectivity index (χ0) is 8.60. The number of aldehydes is 1. The molecule has 0 aromatic heterocycles. The van der Waals surface area contributed by atoms with Crippen LogP contribution in [0.15, 0.2) is 24.0 Å². The Hall–Kier alpha value is -1.09. The fourth-order valence-corrected chi connectivity index (χ4v) is 1.52. The van der Waals surface area contributed by atoms with Gasteiger partial charge in [0.25, 0.3) is 0 Å². The van der Waals surface area contributed by atoms with Gasteiger partial charge in [-0.1, -0.05) is 0 Å². The molecule has 0 radical (unpaired) electrons. The summed E-state index contributed by atoms with van der Waals surface area (Å²) in [4.78, 5) is 10.1. The number of ether oxygens (including phenoxy) is 1. The predicted octanol–water partition coefficient (Wildman–Crippen LogP) is 1.11. The Morgan fingerprint density at radius 3 is 3.25 bits per heavy atom. The Kier molecular flexibility index (Phi) is 1.54. The van der Waals surface area contributed by atoms with Gasteiger partial charge in [0.05, 0.1) is 0 Å². The summed E-state index contributed by atoms with van der Waals surface area (Å²) in [6.45, 7) is 0. The van der Waals surface area contributed by atoms with E-state index >= 15 is 0 Å². The van der Waals surface area contributed by atoms with Crippen molar-refractivity contribution in [1.29, 1.82) is 0 Å². The third-order valence-corrected chi connectivity index (χ3v) is 2.28. The van der Waals surface area contributed by atoms with Crippen molar-refractivity contribution in [3.8, 4) is 0 Å². The number of rotatable bonds is 3. The number of fused-ring (bicyclic) bond motifs is 1. The maximum Gasteiger partial charge on any atom is 0.120 e. The first-order valence-corrected chi connectivity index (χ1v) is 3.98. The van der Waals surface area contributed by atoms with Crippen LogP contribution in [0.2, 0.25) is 0 Å². The molecule has 2 atom stereocenters. The van der Waals surface area contributed by atoms with Gasteiger partial charge in [0, 0.05) is 6.42 Å². The van der Waals surface area contributed by atoms with Crippen LogP contribution in [0.5, 0.6) is 0 Å². The lowest BCUT2D eigenvalue weighted by Gasteiger charge is -2.06. The smallest absolute Gasteiger partial charge is 0.120 e. The van der Waals surface area contributed by atoms with Crippen molar-refractivity contribution in [2.45, 2.75) is 24.5 Å². The van der Waals surface area contributed by atoms with Gasteiger partial charge in [-0.25, -0.2) is 0 Å². The summed E-state index contributed by atoms with van der Waals surface area (Å²) >= 11 is 0. The quantitative estimate of drug-likeness (QED) is 0.504. The number of allylic oxidation sites excluding steroid dienone is 1. The highest BCUT2D eigenvalue weighted by Crippen LogP contribution is 2.45. The molecule has 1 fully saturated rings. The minimum absolute atomic E-state index is 0.0116. The Morgan fingerprint density at radius 2 is 2.58 bits per heavy atom. The molecule has 2 rings (SSSR count). The maximum absolute atomic E-state index is 10.1. The third kappa shape index (κ3) is 1.06. The van der Waals surface area contributed by atoms with Crippen molar-refractivity contribution < 1.29 is 14.6 Å². The molecule has 2 unspecified atom stereocenters. The zero-order valence-electron chi connectivity index (χ0n) is 6.56. The van der Waals surface area contributed by atoms with E-state index in [1.54, 1.807) is 12.2 Å². The Labute approximate surface area is 70.3 Å². The van der Waals surface area contributed by atoms with Crippen molar-refractivity contribution in [2.75, 3.05) is 0 Å². The largest absolute Gasteiger partial charge is 0.508 e. The number of aliphatic hydroxyl groups is 1. The number of carbonyl (C=O) groups excluding carboxylic acids is 1. The van der Waals surface area contributed by atoms with Crippen LogP contribution in [0.1, 0.15) is 12.8 Å². The molecule has 0 bridgehead atoms. The summed E-state index contributed by atoms with van der Waals surface area (Å²) in [5.41, 5.74) is -0.271. The normalized spacial score (nSPS) is 37.0. The third-order valence-electron chi connectivity index (χ3n) is 2.28. The molecule has 0 aromatic rings. The first-order chi connectivity index (χ1) is 5.77. The average molecular weight is 166 g/mol. The first-order valence-electron chi connectivity index (χ1n) is 3.98. The Balaban J connectivity index is 2.02. The number of epoxide rings is 1. The highest BCUT2D eigenvalue weighted by molar-refractivity contribution is 5.50. The van der Waals surface area contributed by atoms with E-state index in [1.807, 2.05) is 6.08 Å². The summed E-state index contributed by atoms with van der Waals surface area (Å²) in [5.74, 6) is 0.249. The Morgan fingerprint density at radius 1 is 1.75 bits per heavy atom. The fraction of sp³-hybridized carbons (Fsp3) is 0.444. The van der Waals surface area contributed by atoms with E-state index in [2.05, 4.69) is 0 Å². The molecule has 1 aliphatic heterocycles. The van der Waals surface area contributed by atoms with Crippen molar-refractivity contribution in [3.63, 3.8) is 0 Å². The average Bonchev–Trinajstić information content (AvgIpc) is 2.75. The monoisotopic (exact) mass is 166 g/mol. The summed E-state index contributed by atoms with van der Waals surface area (Å²) in [5, 5.41) is 9.07. The van der Waals surface area contributed by atoms with Crippen LogP contribution in [-0.2, 0) is 9.53 Å². The standard InChI is InChI=1S/C9H10O3/c10-5-1-3-9-4-2-7(11)6-8(9)12-9/h2,4-6,8,11H,1,3H2. The molecule has 12 heavy (non-hydrogen) atoms. The second-order valence-electron chi connectivity index (χ2n) is 3.12. The van der Waals surface area contributed by atoms with E-state index in [4.69, 9.17) is 9.84 Å². The number of carbonyl (C=O) groups is 1. The van der Waals surface area contributed by atoms with Gasteiger partial charge >= 0.3 is 0 Å². The van der Waals surface area contributed by atoms with Crippen molar-refractivity contribution in [2.24, 2.45) is 0 Å². The molecule has 1 saturated heterocycles. The summed E-state index contributed by atoms with van der Waals surface area (Å²) in [6, 6.07) is 0. The predicted molar refractivity (Wildman–Crippen MR) is 42.8 cm³/mol. The highest BCUT2D eigenvalue weighted by atomic mass is 16.6.